The first-order chi connectivity index (χ1) is 8.95. The Balaban J connectivity index is 2.59. The number of ether oxygens (including phenoxy) is 1. The van der Waals surface area contributed by atoms with E-state index in [2.05, 4.69) is 10.1 Å². The molecule has 0 spiro atoms. The van der Waals surface area contributed by atoms with E-state index < -0.39 is 9.84 Å². The zero-order valence-corrected chi connectivity index (χ0v) is 11.3. The molecule has 1 heterocycles. The lowest BCUT2D eigenvalue weighted by Gasteiger charge is -2.06. The monoisotopic (exact) mass is 283 g/mol. The molecule has 0 saturated heterocycles. The molecule has 102 valence electrons. The van der Waals surface area contributed by atoms with Gasteiger partial charge in [-0.1, -0.05) is 5.16 Å². The molecule has 0 bridgehead atoms. The quantitative estimate of drug-likeness (QED) is 0.875. The molecule has 0 radical (unpaired) electrons. The number of hydrogen-bond donors (Lipinski definition) is 1. The number of sulfone groups is 1. The van der Waals surface area contributed by atoms with Gasteiger partial charge in [-0.15, -0.1) is 0 Å². The maximum absolute atomic E-state index is 11.6. The summed E-state index contributed by atoms with van der Waals surface area (Å²) >= 11 is 0. The summed E-state index contributed by atoms with van der Waals surface area (Å²) in [5, 5.41) is 3.75. The number of nitrogens with zero attached hydrogens (tertiary/aromatic N) is 2. The largest absolute Gasteiger partial charge is 0.496 e. The highest BCUT2D eigenvalue weighted by atomic mass is 32.2. The molecule has 2 rings (SSSR count). The minimum absolute atomic E-state index is 0.112. The second-order valence-electron chi connectivity index (χ2n) is 3.85. The van der Waals surface area contributed by atoms with E-state index in [4.69, 9.17) is 15.0 Å². The average molecular weight is 283 g/mol. The smallest absolute Gasteiger partial charge is 0.240 e. The van der Waals surface area contributed by atoms with E-state index in [9.17, 15) is 8.42 Å². The van der Waals surface area contributed by atoms with Crippen molar-refractivity contribution >= 4 is 9.84 Å². The number of nitrogens with two attached hydrogens (primary N) is 1. The first kappa shape index (κ1) is 13.5. The van der Waals surface area contributed by atoms with Gasteiger partial charge >= 0.3 is 0 Å². The highest BCUT2D eigenvalue weighted by Crippen LogP contribution is 2.30. The van der Waals surface area contributed by atoms with Crippen molar-refractivity contribution in [1.82, 2.24) is 10.1 Å². The van der Waals surface area contributed by atoms with E-state index in [-0.39, 0.29) is 23.2 Å². The fourth-order valence-electron chi connectivity index (χ4n) is 1.54. The molecule has 0 aliphatic carbocycles. The normalized spacial score (nSPS) is 11.5. The summed E-state index contributed by atoms with van der Waals surface area (Å²) in [6.45, 7) is 0.112. The maximum atomic E-state index is 11.6. The van der Waals surface area contributed by atoms with Gasteiger partial charge in [0.15, 0.2) is 9.84 Å². The highest BCUT2D eigenvalue weighted by Gasteiger charge is 2.16. The van der Waals surface area contributed by atoms with Crippen molar-refractivity contribution in [2.24, 2.45) is 5.73 Å². The van der Waals surface area contributed by atoms with Crippen LogP contribution in [0, 0.1) is 0 Å². The molecule has 8 heteroatoms. The zero-order valence-electron chi connectivity index (χ0n) is 10.5. The Kier molecular flexibility index (Phi) is 3.54. The van der Waals surface area contributed by atoms with Gasteiger partial charge in [0.25, 0.3) is 0 Å². The van der Waals surface area contributed by atoms with Crippen molar-refractivity contribution in [3.63, 3.8) is 0 Å². The third-order valence-electron chi connectivity index (χ3n) is 2.48. The van der Waals surface area contributed by atoms with Crippen LogP contribution in [0.5, 0.6) is 5.75 Å². The lowest BCUT2D eigenvalue weighted by atomic mass is 10.2. The fourth-order valence-corrected chi connectivity index (χ4v) is 2.19. The molecule has 0 atom stereocenters. The number of benzene rings is 1. The first-order valence-corrected chi connectivity index (χ1v) is 7.26. The molecule has 1 aromatic heterocycles. The van der Waals surface area contributed by atoms with Crippen LogP contribution in [0.2, 0.25) is 0 Å². The van der Waals surface area contributed by atoms with Crippen LogP contribution in [0.15, 0.2) is 27.6 Å². The summed E-state index contributed by atoms with van der Waals surface area (Å²) in [5.74, 6) is 0.960. The van der Waals surface area contributed by atoms with Gasteiger partial charge in [-0.05, 0) is 18.2 Å². The van der Waals surface area contributed by atoms with Crippen molar-refractivity contribution in [2.45, 2.75) is 11.4 Å². The van der Waals surface area contributed by atoms with Crippen LogP contribution in [0.25, 0.3) is 11.4 Å². The molecular formula is C11H13N3O4S. The molecule has 19 heavy (non-hydrogen) atoms. The number of rotatable bonds is 4. The van der Waals surface area contributed by atoms with Gasteiger partial charge in [-0.2, -0.15) is 4.98 Å². The number of hydrogen-bond acceptors (Lipinski definition) is 7. The van der Waals surface area contributed by atoms with E-state index in [0.29, 0.717) is 11.3 Å². The summed E-state index contributed by atoms with van der Waals surface area (Å²) < 4.78 is 33.2. The molecule has 0 saturated carbocycles. The van der Waals surface area contributed by atoms with Crippen molar-refractivity contribution < 1.29 is 17.7 Å². The summed E-state index contributed by atoms with van der Waals surface area (Å²) in [5.41, 5.74) is 5.83. The molecule has 0 unspecified atom stereocenters. The third-order valence-corrected chi connectivity index (χ3v) is 3.59. The van der Waals surface area contributed by atoms with E-state index in [0.717, 1.165) is 6.26 Å². The summed E-state index contributed by atoms with van der Waals surface area (Å²) in [4.78, 5) is 4.21. The van der Waals surface area contributed by atoms with Crippen LogP contribution in [0.3, 0.4) is 0 Å². The Hall–Kier alpha value is -1.93. The molecule has 7 nitrogen and oxygen atoms in total. The molecule has 0 aliphatic heterocycles. The van der Waals surface area contributed by atoms with Crippen LogP contribution in [-0.2, 0) is 16.4 Å². The zero-order chi connectivity index (χ0) is 14.0. The predicted molar refractivity (Wildman–Crippen MR) is 67.3 cm³/mol. The second-order valence-corrected chi connectivity index (χ2v) is 5.87. The van der Waals surface area contributed by atoms with Gasteiger partial charge in [0.2, 0.25) is 11.7 Å². The van der Waals surface area contributed by atoms with E-state index >= 15 is 0 Å². The SMILES string of the molecule is COc1ccc(S(C)(=O)=O)cc1-c1noc(CN)n1. The Morgan fingerprint density at radius 2 is 2.16 bits per heavy atom. The first-order valence-electron chi connectivity index (χ1n) is 5.37. The molecule has 1 aromatic carbocycles. The van der Waals surface area contributed by atoms with Gasteiger partial charge < -0.3 is 15.0 Å². The molecule has 0 amide bonds. The van der Waals surface area contributed by atoms with Crippen LogP contribution in [0.1, 0.15) is 5.89 Å². The van der Waals surface area contributed by atoms with E-state index in [1.54, 1.807) is 6.07 Å². The van der Waals surface area contributed by atoms with Gasteiger partial charge in [0, 0.05) is 6.26 Å². The minimum Gasteiger partial charge on any atom is -0.496 e. The Morgan fingerprint density at radius 1 is 1.42 bits per heavy atom. The van der Waals surface area contributed by atoms with Gasteiger partial charge in [0.1, 0.15) is 5.75 Å². The van der Waals surface area contributed by atoms with Crippen LogP contribution >= 0.6 is 0 Å². The van der Waals surface area contributed by atoms with E-state index in [1.165, 1.54) is 19.2 Å². The van der Waals surface area contributed by atoms with Gasteiger partial charge in [-0.25, -0.2) is 8.42 Å². The van der Waals surface area contributed by atoms with Crippen LogP contribution < -0.4 is 10.5 Å². The predicted octanol–water partition coefficient (Wildman–Crippen LogP) is 0.607. The van der Waals surface area contributed by atoms with Crippen LogP contribution in [0.4, 0.5) is 0 Å². The Bertz CT molecular complexity index is 694. The fraction of sp³-hybridized carbons (Fsp3) is 0.273. The average Bonchev–Trinajstić information content (AvgIpc) is 2.85. The second kappa shape index (κ2) is 4.98. The van der Waals surface area contributed by atoms with Crippen molar-refractivity contribution in [3.8, 4) is 17.1 Å². The molecule has 2 N–H and O–H groups in total. The van der Waals surface area contributed by atoms with Crippen molar-refractivity contribution in [3.05, 3.63) is 24.1 Å². The summed E-state index contributed by atoms with van der Waals surface area (Å²) in [6.07, 6.45) is 1.13. The Morgan fingerprint density at radius 3 is 2.68 bits per heavy atom. The Labute approximate surface area is 110 Å². The van der Waals surface area contributed by atoms with E-state index in [1.807, 2.05) is 0 Å². The number of methoxy groups -OCH3 is 1. The maximum Gasteiger partial charge on any atom is 0.240 e. The minimum atomic E-state index is -3.32. The van der Waals surface area contributed by atoms with Crippen LogP contribution in [-0.4, -0.2) is 31.9 Å². The van der Waals surface area contributed by atoms with Gasteiger partial charge in [-0.3, -0.25) is 0 Å². The van der Waals surface area contributed by atoms with Crippen molar-refractivity contribution in [1.29, 1.82) is 0 Å². The summed E-state index contributed by atoms with van der Waals surface area (Å²) in [7, 11) is -1.85. The summed E-state index contributed by atoms with van der Waals surface area (Å²) in [6, 6.07) is 4.45. The molecule has 0 aliphatic rings. The number of aromatic nitrogens is 2. The lowest BCUT2D eigenvalue weighted by Crippen LogP contribution is -1.99. The van der Waals surface area contributed by atoms with Gasteiger partial charge in [0.05, 0.1) is 24.1 Å². The lowest BCUT2D eigenvalue weighted by molar-refractivity contribution is 0.379. The topological polar surface area (TPSA) is 108 Å². The molecule has 0 fully saturated rings. The molecular weight excluding hydrogens is 270 g/mol. The third kappa shape index (κ3) is 2.74. The highest BCUT2D eigenvalue weighted by molar-refractivity contribution is 7.90. The van der Waals surface area contributed by atoms with Crippen molar-refractivity contribution in [2.75, 3.05) is 13.4 Å². The standard InChI is InChI=1S/C11H13N3O4S/c1-17-9-4-3-7(19(2,15)16)5-8(9)11-13-10(6-12)18-14-11/h3-5H,6,12H2,1-2H3. The molecule has 2 aromatic rings.